The van der Waals surface area contributed by atoms with Crippen LogP contribution in [0, 0.1) is 0 Å². The van der Waals surface area contributed by atoms with Crippen LogP contribution in [-0.2, 0) is 11.3 Å². The molecule has 6 nitrogen and oxygen atoms in total. The number of benzene rings is 2. The fraction of sp³-hybridized carbons (Fsp3) is 0.333. The van der Waals surface area contributed by atoms with Crippen molar-refractivity contribution in [2.75, 3.05) is 30.3 Å². The van der Waals surface area contributed by atoms with Crippen molar-refractivity contribution in [2.24, 2.45) is 0 Å². The second kappa shape index (κ2) is 9.19. The van der Waals surface area contributed by atoms with E-state index < -0.39 is 0 Å². The summed E-state index contributed by atoms with van der Waals surface area (Å²) < 4.78 is 4.94. The van der Waals surface area contributed by atoms with Crippen LogP contribution in [0.1, 0.15) is 35.7 Å². The number of esters is 1. The number of rotatable bonds is 6. The molecule has 1 aliphatic heterocycles. The first-order valence-electron chi connectivity index (χ1n) is 9.30. The van der Waals surface area contributed by atoms with Crippen molar-refractivity contribution in [1.29, 1.82) is 0 Å². The van der Waals surface area contributed by atoms with Crippen LogP contribution in [0.25, 0.3) is 0 Å². The summed E-state index contributed by atoms with van der Waals surface area (Å²) in [6.45, 7) is 5.38. The van der Waals surface area contributed by atoms with Crippen LogP contribution in [0.5, 0.6) is 0 Å². The van der Waals surface area contributed by atoms with Crippen LogP contribution in [0.3, 0.4) is 0 Å². The molecule has 1 heterocycles. The van der Waals surface area contributed by atoms with Gasteiger partial charge < -0.3 is 15.4 Å². The Morgan fingerprint density at radius 3 is 2.04 bits per heavy atom. The maximum Gasteiger partial charge on any atom is 0.338 e. The molecule has 3 rings (SSSR count). The largest absolute Gasteiger partial charge is 0.462 e. The Hall–Kier alpha value is -2.86. The summed E-state index contributed by atoms with van der Waals surface area (Å²) in [4.78, 5) is 26.2. The predicted molar refractivity (Wildman–Crippen MR) is 106 cm³/mol. The molecular weight excluding hydrogens is 342 g/mol. The third-order valence-electron chi connectivity index (χ3n) is 4.47. The Morgan fingerprint density at radius 1 is 0.926 bits per heavy atom. The van der Waals surface area contributed by atoms with Gasteiger partial charge in [-0.3, -0.25) is 4.90 Å². The minimum absolute atomic E-state index is 0.328. The SMILES string of the molecule is CCOC(=O)c1ccc(NC(=O)Nc2ccc(CN3CCCC3)cc2)cc1. The highest BCUT2D eigenvalue weighted by atomic mass is 16.5. The van der Waals surface area contributed by atoms with Crippen molar-refractivity contribution in [2.45, 2.75) is 26.3 Å². The molecule has 2 aromatic carbocycles. The smallest absolute Gasteiger partial charge is 0.338 e. The summed E-state index contributed by atoms with van der Waals surface area (Å²) in [7, 11) is 0. The summed E-state index contributed by atoms with van der Waals surface area (Å²) in [6.07, 6.45) is 2.56. The monoisotopic (exact) mass is 367 g/mol. The van der Waals surface area contributed by atoms with Gasteiger partial charge in [-0.15, -0.1) is 0 Å². The molecule has 0 aliphatic carbocycles. The van der Waals surface area contributed by atoms with Gasteiger partial charge in [-0.25, -0.2) is 9.59 Å². The highest BCUT2D eigenvalue weighted by Gasteiger charge is 2.12. The lowest BCUT2D eigenvalue weighted by molar-refractivity contribution is 0.0526. The van der Waals surface area contributed by atoms with Gasteiger partial charge in [0.15, 0.2) is 0 Å². The van der Waals surface area contributed by atoms with E-state index in [0.29, 0.717) is 17.9 Å². The Morgan fingerprint density at radius 2 is 1.48 bits per heavy atom. The van der Waals surface area contributed by atoms with E-state index in [1.165, 1.54) is 18.4 Å². The van der Waals surface area contributed by atoms with Gasteiger partial charge in [0.1, 0.15) is 0 Å². The zero-order valence-corrected chi connectivity index (χ0v) is 15.5. The Balaban J connectivity index is 1.50. The molecule has 2 amide bonds. The van der Waals surface area contributed by atoms with Crippen molar-refractivity contribution < 1.29 is 14.3 Å². The molecule has 27 heavy (non-hydrogen) atoms. The number of likely N-dealkylation sites (tertiary alicyclic amines) is 1. The quantitative estimate of drug-likeness (QED) is 0.754. The Bertz CT molecular complexity index is 766. The van der Waals surface area contributed by atoms with Gasteiger partial charge in [0.05, 0.1) is 12.2 Å². The average Bonchev–Trinajstić information content (AvgIpc) is 3.17. The van der Waals surface area contributed by atoms with Gasteiger partial charge in [-0.05, 0) is 74.8 Å². The van der Waals surface area contributed by atoms with Crippen LogP contribution in [0.15, 0.2) is 48.5 Å². The summed E-state index contributed by atoms with van der Waals surface area (Å²) in [5.74, 6) is -0.373. The van der Waals surface area contributed by atoms with Gasteiger partial charge in [0.25, 0.3) is 0 Å². The molecule has 2 aromatic rings. The highest BCUT2D eigenvalue weighted by Crippen LogP contribution is 2.16. The topological polar surface area (TPSA) is 70.7 Å². The third kappa shape index (κ3) is 5.56. The number of amides is 2. The molecule has 1 aliphatic rings. The van der Waals surface area contributed by atoms with Crippen LogP contribution >= 0.6 is 0 Å². The molecule has 1 saturated heterocycles. The van der Waals surface area contributed by atoms with E-state index in [0.717, 1.165) is 25.3 Å². The third-order valence-corrected chi connectivity index (χ3v) is 4.47. The molecule has 142 valence electrons. The Kier molecular flexibility index (Phi) is 6.44. The fourth-order valence-corrected chi connectivity index (χ4v) is 3.09. The molecule has 0 bridgehead atoms. The number of hydrogen-bond acceptors (Lipinski definition) is 4. The molecule has 0 spiro atoms. The van der Waals surface area contributed by atoms with E-state index in [9.17, 15) is 9.59 Å². The van der Waals surface area contributed by atoms with Crippen LogP contribution in [-0.4, -0.2) is 36.6 Å². The number of hydrogen-bond donors (Lipinski definition) is 2. The molecule has 2 N–H and O–H groups in total. The number of urea groups is 1. The van der Waals surface area contributed by atoms with Gasteiger partial charge in [-0.2, -0.15) is 0 Å². The minimum atomic E-state index is -0.373. The number of nitrogens with zero attached hydrogens (tertiary/aromatic N) is 1. The van der Waals surface area contributed by atoms with Crippen LogP contribution in [0.2, 0.25) is 0 Å². The van der Waals surface area contributed by atoms with E-state index in [4.69, 9.17) is 4.74 Å². The summed E-state index contributed by atoms with van der Waals surface area (Å²) in [5.41, 5.74) is 3.04. The van der Waals surface area contributed by atoms with Crippen molar-refractivity contribution in [3.05, 3.63) is 59.7 Å². The standard InChI is InChI=1S/C21H25N3O3/c1-2-27-20(25)17-7-11-19(12-8-17)23-21(26)22-18-9-5-16(6-10-18)15-24-13-3-4-14-24/h5-12H,2-4,13-15H2,1H3,(H2,22,23,26). The number of carbonyl (C=O) groups excluding carboxylic acids is 2. The van der Waals surface area contributed by atoms with Gasteiger partial charge in [0.2, 0.25) is 0 Å². The maximum atomic E-state index is 12.1. The minimum Gasteiger partial charge on any atom is -0.462 e. The number of anilines is 2. The average molecular weight is 367 g/mol. The van der Waals surface area contributed by atoms with Gasteiger partial charge in [0, 0.05) is 17.9 Å². The van der Waals surface area contributed by atoms with E-state index >= 15 is 0 Å². The van der Waals surface area contributed by atoms with Crippen molar-refractivity contribution >= 4 is 23.4 Å². The van der Waals surface area contributed by atoms with Crippen LogP contribution in [0.4, 0.5) is 16.2 Å². The van der Waals surface area contributed by atoms with E-state index in [2.05, 4.69) is 15.5 Å². The molecule has 6 heteroatoms. The molecule has 0 atom stereocenters. The van der Waals surface area contributed by atoms with Crippen molar-refractivity contribution in [3.63, 3.8) is 0 Å². The number of carbonyl (C=O) groups is 2. The first-order chi connectivity index (χ1) is 13.1. The summed E-state index contributed by atoms with van der Waals surface area (Å²) in [6, 6.07) is 14.2. The molecule has 0 aromatic heterocycles. The number of nitrogens with one attached hydrogen (secondary N) is 2. The molecule has 0 saturated carbocycles. The molecular formula is C21H25N3O3. The van der Waals surface area contributed by atoms with E-state index in [1.54, 1.807) is 31.2 Å². The maximum absolute atomic E-state index is 12.1. The lowest BCUT2D eigenvalue weighted by atomic mass is 10.2. The molecule has 0 unspecified atom stereocenters. The predicted octanol–water partition coefficient (Wildman–Crippen LogP) is 4.10. The lowest BCUT2D eigenvalue weighted by Gasteiger charge is -2.15. The van der Waals surface area contributed by atoms with Gasteiger partial charge >= 0.3 is 12.0 Å². The zero-order chi connectivity index (χ0) is 19.1. The number of ether oxygens (including phenoxy) is 1. The van der Waals surface area contributed by atoms with Crippen LogP contribution < -0.4 is 10.6 Å². The lowest BCUT2D eigenvalue weighted by Crippen LogP contribution is -2.20. The second-order valence-corrected chi connectivity index (χ2v) is 6.56. The fourth-order valence-electron chi connectivity index (χ4n) is 3.09. The first-order valence-corrected chi connectivity index (χ1v) is 9.30. The van der Waals surface area contributed by atoms with E-state index in [-0.39, 0.29) is 12.0 Å². The second-order valence-electron chi connectivity index (χ2n) is 6.56. The molecule has 0 radical (unpaired) electrons. The summed E-state index contributed by atoms with van der Waals surface area (Å²) >= 11 is 0. The normalized spacial score (nSPS) is 14.0. The van der Waals surface area contributed by atoms with Crippen molar-refractivity contribution in [1.82, 2.24) is 4.90 Å². The highest BCUT2D eigenvalue weighted by molar-refractivity contribution is 6.00. The molecule has 1 fully saturated rings. The van der Waals surface area contributed by atoms with Crippen molar-refractivity contribution in [3.8, 4) is 0 Å². The first kappa shape index (κ1) is 18.9. The van der Waals surface area contributed by atoms with E-state index in [1.807, 2.05) is 24.3 Å². The zero-order valence-electron chi connectivity index (χ0n) is 15.5. The summed E-state index contributed by atoms with van der Waals surface area (Å²) in [5, 5.41) is 5.57. The Labute approximate surface area is 159 Å². The van der Waals surface area contributed by atoms with Gasteiger partial charge in [-0.1, -0.05) is 12.1 Å².